The summed E-state index contributed by atoms with van der Waals surface area (Å²) >= 11 is 0. The molecule has 216 valence electrons. The molecule has 1 saturated heterocycles. The number of hydrogen-bond acceptors (Lipinski definition) is 7. The van der Waals surface area contributed by atoms with Gasteiger partial charge in [0, 0.05) is 18.5 Å². The van der Waals surface area contributed by atoms with Crippen molar-refractivity contribution in [2.24, 2.45) is 0 Å². The number of nitrogens with one attached hydrogen (secondary N) is 1. The third-order valence-electron chi connectivity index (χ3n) is 7.31. The maximum absolute atomic E-state index is 13.9. The average molecular weight is 553 g/mol. The zero-order valence-electron chi connectivity index (χ0n) is 23.9. The maximum Gasteiger partial charge on any atom is 0.295 e. The number of Topliss-reactive ketones (excluding diaryl/α,β-unsaturated/α-hetero) is 1. The molecule has 9 nitrogen and oxygen atoms in total. The van der Waals surface area contributed by atoms with Crippen LogP contribution < -0.4 is 29.0 Å². The fraction of sp³-hybridized carbons (Fsp3) is 0.484. The van der Waals surface area contributed by atoms with Gasteiger partial charge in [-0.3, -0.25) is 9.59 Å². The van der Waals surface area contributed by atoms with E-state index in [2.05, 4.69) is 13.8 Å². The number of benzene rings is 2. The van der Waals surface area contributed by atoms with Crippen molar-refractivity contribution in [3.05, 3.63) is 53.1 Å². The number of nitrogens with zero attached hydrogens (tertiary/aromatic N) is 1. The number of ketones is 1. The normalized spacial score (nSPS) is 17.9. The van der Waals surface area contributed by atoms with Crippen molar-refractivity contribution in [1.82, 2.24) is 4.90 Å². The highest BCUT2D eigenvalue weighted by atomic mass is 16.6. The molecular formula is C31H40N2O7. The van der Waals surface area contributed by atoms with E-state index in [4.69, 9.17) is 18.9 Å². The predicted molar refractivity (Wildman–Crippen MR) is 149 cm³/mol. The Hall–Kier alpha value is -3.72. The first-order valence-electron chi connectivity index (χ1n) is 14.3. The van der Waals surface area contributed by atoms with E-state index in [9.17, 15) is 14.7 Å². The predicted octanol–water partition coefficient (Wildman–Crippen LogP) is 2.18. The van der Waals surface area contributed by atoms with Crippen LogP contribution in [0.3, 0.4) is 0 Å². The minimum absolute atomic E-state index is 0.0680. The Balaban J connectivity index is 1.78. The van der Waals surface area contributed by atoms with Crippen molar-refractivity contribution >= 4 is 17.4 Å². The Kier molecular flexibility index (Phi) is 9.93. The zero-order chi connectivity index (χ0) is 28.6. The summed E-state index contributed by atoms with van der Waals surface area (Å²) in [5, 5.41) is 13.9. The second kappa shape index (κ2) is 13.6. The molecule has 9 heteroatoms. The molecule has 40 heavy (non-hydrogen) atoms. The summed E-state index contributed by atoms with van der Waals surface area (Å²) in [4.78, 5) is 29.8. The van der Waals surface area contributed by atoms with Crippen molar-refractivity contribution in [2.75, 3.05) is 52.6 Å². The van der Waals surface area contributed by atoms with Gasteiger partial charge in [0.2, 0.25) is 5.78 Å². The lowest BCUT2D eigenvalue weighted by Gasteiger charge is -2.29. The number of likely N-dealkylation sites (tertiary alicyclic amines) is 1. The zero-order valence-corrected chi connectivity index (χ0v) is 23.9. The highest BCUT2D eigenvalue weighted by Crippen LogP contribution is 2.42. The van der Waals surface area contributed by atoms with Gasteiger partial charge < -0.3 is 33.9 Å². The summed E-state index contributed by atoms with van der Waals surface area (Å²) < 4.78 is 23.0. The van der Waals surface area contributed by atoms with E-state index < -0.39 is 23.5 Å². The smallest absolute Gasteiger partial charge is 0.295 e. The first kappa shape index (κ1) is 29.3. The third-order valence-corrected chi connectivity index (χ3v) is 7.31. The molecule has 2 heterocycles. The van der Waals surface area contributed by atoms with E-state index >= 15 is 0 Å². The maximum atomic E-state index is 13.9. The number of quaternary nitrogens is 1. The molecule has 0 bridgehead atoms. The van der Waals surface area contributed by atoms with Crippen molar-refractivity contribution in [2.45, 2.75) is 46.6 Å². The highest BCUT2D eigenvalue weighted by Gasteiger charge is 2.44. The van der Waals surface area contributed by atoms with Gasteiger partial charge in [0.1, 0.15) is 13.2 Å². The van der Waals surface area contributed by atoms with Crippen LogP contribution in [0.2, 0.25) is 0 Å². The molecule has 0 saturated carbocycles. The number of amides is 1. The molecule has 1 N–H and O–H groups in total. The van der Waals surface area contributed by atoms with Crippen LogP contribution in [0.1, 0.15) is 57.7 Å². The second-order valence-electron chi connectivity index (χ2n) is 9.88. The minimum Gasteiger partial charge on any atom is -0.872 e. The molecule has 2 aromatic rings. The van der Waals surface area contributed by atoms with E-state index in [1.165, 1.54) is 9.80 Å². The molecule has 0 radical (unpaired) electrons. The average Bonchev–Trinajstić information content (AvgIpc) is 3.23. The molecule has 1 atom stereocenters. The van der Waals surface area contributed by atoms with Crippen LogP contribution in [0.25, 0.3) is 5.76 Å². The fourth-order valence-electron chi connectivity index (χ4n) is 5.18. The number of fused-ring (bicyclic) bond motifs is 1. The summed E-state index contributed by atoms with van der Waals surface area (Å²) in [7, 11) is 0. The largest absolute Gasteiger partial charge is 0.872 e. The van der Waals surface area contributed by atoms with Gasteiger partial charge in [0.25, 0.3) is 5.91 Å². The van der Waals surface area contributed by atoms with E-state index in [0.717, 1.165) is 26.1 Å². The van der Waals surface area contributed by atoms with Crippen LogP contribution >= 0.6 is 0 Å². The van der Waals surface area contributed by atoms with E-state index in [-0.39, 0.29) is 11.1 Å². The molecule has 1 fully saturated rings. The minimum atomic E-state index is -0.841. The highest BCUT2D eigenvalue weighted by molar-refractivity contribution is 6.46. The summed E-state index contributed by atoms with van der Waals surface area (Å²) in [6.07, 6.45) is 1.54. The van der Waals surface area contributed by atoms with Crippen molar-refractivity contribution in [1.29, 1.82) is 0 Å². The van der Waals surface area contributed by atoms with E-state index in [1.54, 1.807) is 30.3 Å². The van der Waals surface area contributed by atoms with E-state index in [0.29, 0.717) is 68.0 Å². The van der Waals surface area contributed by atoms with Crippen LogP contribution in [0.4, 0.5) is 0 Å². The lowest BCUT2D eigenvalue weighted by molar-refractivity contribution is -0.896. The molecule has 1 unspecified atom stereocenters. The van der Waals surface area contributed by atoms with Crippen LogP contribution in [-0.2, 0) is 9.59 Å². The summed E-state index contributed by atoms with van der Waals surface area (Å²) in [6, 6.07) is 9.39. The molecule has 0 aromatic heterocycles. The Labute approximate surface area is 236 Å². The SMILES string of the molecule is CCCOc1ccc(C2/C(=C(\[O-])c3ccc4c(c3)OCCO4)C(=O)C(=O)N2CCC[NH+](CC)CC)cc1OCC. The number of rotatable bonds is 13. The van der Waals surface area contributed by atoms with Crippen LogP contribution in [0.15, 0.2) is 42.0 Å². The van der Waals surface area contributed by atoms with Crippen LogP contribution in [0, 0.1) is 0 Å². The fourth-order valence-corrected chi connectivity index (χ4v) is 5.18. The van der Waals surface area contributed by atoms with Gasteiger partial charge in [-0.15, -0.1) is 0 Å². The Morgan fingerprint density at radius 1 is 0.975 bits per heavy atom. The summed E-state index contributed by atoms with van der Waals surface area (Å²) in [5.74, 6) is 0.151. The van der Waals surface area contributed by atoms with Crippen molar-refractivity contribution in [3.63, 3.8) is 0 Å². The van der Waals surface area contributed by atoms with Crippen molar-refractivity contribution in [3.8, 4) is 23.0 Å². The Bertz CT molecular complexity index is 1240. The summed E-state index contributed by atoms with van der Waals surface area (Å²) in [6.45, 7) is 13.1. The summed E-state index contributed by atoms with van der Waals surface area (Å²) in [5.41, 5.74) is 0.830. The van der Waals surface area contributed by atoms with Gasteiger partial charge >= 0.3 is 0 Å². The van der Waals surface area contributed by atoms with E-state index in [1.807, 2.05) is 19.9 Å². The molecule has 0 aliphatic carbocycles. The molecule has 2 aliphatic rings. The van der Waals surface area contributed by atoms with Gasteiger partial charge in [-0.2, -0.15) is 0 Å². The molecule has 0 spiro atoms. The lowest BCUT2D eigenvalue weighted by Crippen LogP contribution is -3.11. The first-order valence-corrected chi connectivity index (χ1v) is 14.3. The monoisotopic (exact) mass is 552 g/mol. The van der Waals surface area contributed by atoms with Gasteiger partial charge in [-0.1, -0.05) is 24.8 Å². The standard InChI is InChI=1S/C31H40N2O7/c1-5-16-38-23-12-10-21(19-25(23)37-8-4)28-27(29(34)22-11-13-24-26(20-22)40-18-17-39-24)30(35)31(36)33(28)15-9-14-32(6-2)7-3/h10-13,19-20,28,34H,5-9,14-18H2,1-4H3/b29-27+. The van der Waals surface area contributed by atoms with Crippen LogP contribution in [0.5, 0.6) is 23.0 Å². The number of ether oxygens (including phenoxy) is 4. The topological polar surface area (TPSA) is 102 Å². The molecule has 2 aliphatic heterocycles. The molecule has 2 aromatic carbocycles. The number of carbonyl (C=O) groups is 2. The quantitative estimate of drug-likeness (QED) is 0.231. The molecular weight excluding hydrogens is 512 g/mol. The van der Waals surface area contributed by atoms with Gasteiger partial charge in [-0.05, 0) is 62.6 Å². The number of hydrogen-bond donors (Lipinski definition) is 1. The second-order valence-corrected chi connectivity index (χ2v) is 9.88. The Morgan fingerprint density at radius 3 is 2.42 bits per heavy atom. The third kappa shape index (κ3) is 6.20. The lowest BCUT2D eigenvalue weighted by atomic mass is 9.94. The van der Waals surface area contributed by atoms with Crippen LogP contribution in [-0.4, -0.2) is 69.2 Å². The van der Waals surface area contributed by atoms with Gasteiger partial charge in [0.05, 0.1) is 38.9 Å². The van der Waals surface area contributed by atoms with Gasteiger partial charge in [0.15, 0.2) is 23.0 Å². The van der Waals surface area contributed by atoms with Gasteiger partial charge in [-0.25, -0.2) is 0 Å². The Morgan fingerprint density at radius 2 is 1.73 bits per heavy atom. The first-order chi connectivity index (χ1) is 19.4. The number of carbonyl (C=O) groups excluding carboxylic acids is 2. The molecule has 4 rings (SSSR count). The van der Waals surface area contributed by atoms with Crippen molar-refractivity contribution < 1.29 is 38.5 Å². The molecule has 1 amide bonds.